The maximum absolute atomic E-state index is 12.5. The summed E-state index contributed by atoms with van der Waals surface area (Å²) in [5.41, 5.74) is 6.90. The standard InChI is InChI=1S/C26H22N2O3/c29-26(28-16-19-8-2-1-7-18(19)15-25-27-13-14-30-25)31-17-24-22-11-5-3-9-20(22)21-10-4-6-12-23(21)24/h1-14,24H,15-17H2,(H,28,29). The summed E-state index contributed by atoms with van der Waals surface area (Å²) >= 11 is 0. The summed E-state index contributed by atoms with van der Waals surface area (Å²) in [5.74, 6) is 0.698. The van der Waals surface area contributed by atoms with E-state index < -0.39 is 6.09 Å². The van der Waals surface area contributed by atoms with Crippen LogP contribution in [-0.4, -0.2) is 17.7 Å². The topological polar surface area (TPSA) is 64.4 Å². The van der Waals surface area contributed by atoms with Gasteiger partial charge in [0.2, 0.25) is 0 Å². The molecule has 0 aliphatic heterocycles. The molecule has 1 aromatic heterocycles. The summed E-state index contributed by atoms with van der Waals surface area (Å²) in [5, 5.41) is 2.88. The smallest absolute Gasteiger partial charge is 0.407 e. The first-order valence-corrected chi connectivity index (χ1v) is 10.3. The van der Waals surface area contributed by atoms with Crippen molar-refractivity contribution in [1.82, 2.24) is 10.3 Å². The van der Waals surface area contributed by atoms with Crippen molar-refractivity contribution < 1.29 is 13.9 Å². The molecule has 154 valence electrons. The normalized spacial score (nSPS) is 12.3. The lowest BCUT2D eigenvalue weighted by Crippen LogP contribution is -2.26. The average Bonchev–Trinajstić information content (AvgIpc) is 3.43. The van der Waals surface area contributed by atoms with E-state index in [9.17, 15) is 4.79 Å². The summed E-state index contributed by atoms with van der Waals surface area (Å²) in [6.07, 6.45) is 3.35. The summed E-state index contributed by atoms with van der Waals surface area (Å²) < 4.78 is 11.0. The number of carbonyl (C=O) groups excluding carboxylic acids is 1. The summed E-state index contributed by atoms with van der Waals surface area (Å²) in [6, 6.07) is 24.5. The highest BCUT2D eigenvalue weighted by Crippen LogP contribution is 2.44. The third kappa shape index (κ3) is 3.94. The molecule has 5 nitrogen and oxygen atoms in total. The molecule has 31 heavy (non-hydrogen) atoms. The molecule has 5 rings (SSSR count). The molecule has 0 unspecified atom stereocenters. The Kier molecular flexibility index (Phi) is 5.23. The number of hydrogen-bond acceptors (Lipinski definition) is 4. The number of rotatable bonds is 6. The van der Waals surface area contributed by atoms with E-state index in [4.69, 9.17) is 9.15 Å². The van der Waals surface area contributed by atoms with Gasteiger partial charge in [0.1, 0.15) is 12.9 Å². The number of ether oxygens (including phenoxy) is 1. The molecule has 1 heterocycles. The van der Waals surface area contributed by atoms with Gasteiger partial charge in [0.25, 0.3) is 0 Å². The number of alkyl carbamates (subject to hydrolysis) is 1. The van der Waals surface area contributed by atoms with Crippen LogP contribution in [0.5, 0.6) is 0 Å². The van der Waals surface area contributed by atoms with Crippen LogP contribution in [-0.2, 0) is 17.7 Å². The van der Waals surface area contributed by atoms with Gasteiger partial charge in [-0.05, 0) is 33.4 Å². The third-order valence-corrected chi connectivity index (χ3v) is 5.71. The SMILES string of the molecule is O=C(NCc1ccccc1Cc1ncco1)OCC1c2ccccc2-c2ccccc21. The van der Waals surface area contributed by atoms with Gasteiger partial charge >= 0.3 is 6.09 Å². The van der Waals surface area contributed by atoms with E-state index in [0.717, 1.165) is 11.1 Å². The Labute approximate surface area is 180 Å². The second-order valence-electron chi connectivity index (χ2n) is 7.55. The van der Waals surface area contributed by atoms with Gasteiger partial charge in [0, 0.05) is 18.9 Å². The number of oxazole rings is 1. The van der Waals surface area contributed by atoms with Crippen molar-refractivity contribution in [2.45, 2.75) is 18.9 Å². The molecule has 1 aliphatic rings. The Morgan fingerprint density at radius 3 is 2.23 bits per heavy atom. The van der Waals surface area contributed by atoms with Crippen LogP contribution >= 0.6 is 0 Å². The van der Waals surface area contributed by atoms with Crippen molar-refractivity contribution in [1.29, 1.82) is 0 Å². The molecule has 0 saturated heterocycles. The van der Waals surface area contributed by atoms with Crippen molar-refractivity contribution in [2.75, 3.05) is 6.61 Å². The van der Waals surface area contributed by atoms with Gasteiger partial charge < -0.3 is 14.5 Å². The molecule has 0 radical (unpaired) electrons. The van der Waals surface area contributed by atoms with Crippen LogP contribution < -0.4 is 5.32 Å². The monoisotopic (exact) mass is 410 g/mol. The maximum atomic E-state index is 12.5. The zero-order valence-corrected chi connectivity index (χ0v) is 17.0. The van der Waals surface area contributed by atoms with Crippen molar-refractivity contribution in [3.63, 3.8) is 0 Å². The highest BCUT2D eigenvalue weighted by Gasteiger charge is 2.28. The van der Waals surface area contributed by atoms with Crippen molar-refractivity contribution in [3.05, 3.63) is 113 Å². The predicted octanol–water partition coefficient (Wildman–Crippen LogP) is 5.30. The van der Waals surface area contributed by atoms with E-state index in [-0.39, 0.29) is 5.92 Å². The van der Waals surface area contributed by atoms with Gasteiger partial charge in [-0.1, -0.05) is 72.8 Å². The highest BCUT2D eigenvalue weighted by molar-refractivity contribution is 5.79. The van der Waals surface area contributed by atoms with Crippen molar-refractivity contribution in [2.24, 2.45) is 0 Å². The lowest BCUT2D eigenvalue weighted by molar-refractivity contribution is 0.142. The van der Waals surface area contributed by atoms with Crippen LogP contribution in [0.25, 0.3) is 11.1 Å². The molecule has 0 fully saturated rings. The Morgan fingerprint density at radius 2 is 1.55 bits per heavy atom. The maximum Gasteiger partial charge on any atom is 0.407 e. The number of aromatic nitrogens is 1. The van der Waals surface area contributed by atoms with Crippen molar-refractivity contribution in [3.8, 4) is 11.1 Å². The largest absolute Gasteiger partial charge is 0.449 e. The second kappa shape index (κ2) is 8.48. The molecule has 0 atom stereocenters. The Bertz CT molecular complexity index is 1160. The zero-order valence-electron chi connectivity index (χ0n) is 17.0. The number of benzene rings is 3. The first kappa shape index (κ1) is 19.1. The van der Waals surface area contributed by atoms with E-state index >= 15 is 0 Å². The first-order valence-electron chi connectivity index (χ1n) is 10.3. The molecule has 1 N–H and O–H groups in total. The summed E-state index contributed by atoms with van der Waals surface area (Å²) in [6.45, 7) is 0.686. The first-order chi connectivity index (χ1) is 15.3. The molecule has 3 aromatic carbocycles. The lowest BCUT2D eigenvalue weighted by atomic mass is 9.98. The number of carbonyl (C=O) groups is 1. The molecule has 1 amide bonds. The lowest BCUT2D eigenvalue weighted by Gasteiger charge is -2.15. The van der Waals surface area contributed by atoms with Crippen LogP contribution in [0.4, 0.5) is 4.79 Å². The molecule has 0 bridgehead atoms. The quantitative estimate of drug-likeness (QED) is 0.468. The van der Waals surface area contributed by atoms with Crippen LogP contribution in [0.15, 0.2) is 89.7 Å². The molecule has 0 saturated carbocycles. The van der Waals surface area contributed by atoms with E-state index in [0.29, 0.717) is 25.5 Å². The van der Waals surface area contributed by atoms with Gasteiger partial charge in [0.15, 0.2) is 5.89 Å². The minimum absolute atomic E-state index is 0.0514. The van der Waals surface area contributed by atoms with Gasteiger partial charge in [0.05, 0.1) is 6.20 Å². The van der Waals surface area contributed by atoms with Crippen molar-refractivity contribution >= 4 is 6.09 Å². The minimum Gasteiger partial charge on any atom is -0.449 e. The van der Waals surface area contributed by atoms with Crippen LogP contribution in [0.1, 0.15) is 34.1 Å². The van der Waals surface area contributed by atoms with Crippen LogP contribution in [0, 0.1) is 0 Å². The van der Waals surface area contributed by atoms with E-state index in [1.807, 2.05) is 48.5 Å². The fourth-order valence-electron chi connectivity index (χ4n) is 4.22. The number of nitrogens with zero attached hydrogens (tertiary/aromatic N) is 1. The van der Waals surface area contributed by atoms with Gasteiger partial charge in [-0.2, -0.15) is 0 Å². The van der Waals surface area contributed by atoms with E-state index in [1.54, 1.807) is 12.5 Å². The predicted molar refractivity (Wildman–Crippen MR) is 118 cm³/mol. The van der Waals surface area contributed by atoms with Gasteiger partial charge in [-0.3, -0.25) is 0 Å². The third-order valence-electron chi connectivity index (χ3n) is 5.71. The second-order valence-corrected chi connectivity index (χ2v) is 7.55. The highest BCUT2D eigenvalue weighted by atomic mass is 16.5. The molecule has 1 aliphatic carbocycles. The van der Waals surface area contributed by atoms with E-state index in [2.05, 4.69) is 34.6 Å². The Morgan fingerprint density at radius 1 is 0.903 bits per heavy atom. The van der Waals surface area contributed by atoms with Gasteiger partial charge in [-0.25, -0.2) is 9.78 Å². The van der Waals surface area contributed by atoms with Crippen LogP contribution in [0.3, 0.4) is 0 Å². The molecular weight excluding hydrogens is 388 g/mol. The van der Waals surface area contributed by atoms with Gasteiger partial charge in [-0.15, -0.1) is 0 Å². The summed E-state index contributed by atoms with van der Waals surface area (Å²) in [4.78, 5) is 16.6. The van der Waals surface area contributed by atoms with E-state index in [1.165, 1.54) is 22.3 Å². The molecule has 4 aromatic rings. The summed E-state index contributed by atoms with van der Waals surface area (Å²) in [7, 11) is 0. The Balaban J connectivity index is 1.23. The minimum atomic E-state index is -0.423. The number of fused-ring (bicyclic) bond motifs is 3. The average molecular weight is 410 g/mol. The number of hydrogen-bond donors (Lipinski definition) is 1. The number of amides is 1. The van der Waals surface area contributed by atoms with Crippen LogP contribution in [0.2, 0.25) is 0 Å². The molecular formula is C26H22N2O3. The molecule has 5 heteroatoms. The zero-order chi connectivity index (χ0) is 21.0. The fourth-order valence-corrected chi connectivity index (χ4v) is 4.22. The fraction of sp³-hybridized carbons (Fsp3) is 0.154. The number of nitrogens with one attached hydrogen (secondary N) is 1. The Hall–Kier alpha value is -3.86. The molecule has 0 spiro atoms.